The quantitative estimate of drug-likeness (QED) is 0.597. The second-order valence-electron chi connectivity index (χ2n) is 9.21. The maximum absolute atomic E-state index is 12.3. The van der Waals surface area contributed by atoms with Crippen molar-refractivity contribution < 1.29 is 13.2 Å². The fourth-order valence-corrected chi connectivity index (χ4v) is 6.35. The Kier molecular flexibility index (Phi) is 6.87. The van der Waals surface area contributed by atoms with E-state index in [0.717, 1.165) is 56.2 Å². The molecule has 168 valence electrons. The van der Waals surface area contributed by atoms with Crippen LogP contribution in [0.25, 0.3) is 0 Å². The van der Waals surface area contributed by atoms with E-state index >= 15 is 0 Å². The van der Waals surface area contributed by atoms with E-state index in [0.29, 0.717) is 18.1 Å². The number of sulfonamides is 1. The third-order valence-electron chi connectivity index (χ3n) is 6.92. The molecule has 0 aromatic carbocycles. The number of hydrogen-bond donors (Lipinski definition) is 0. The van der Waals surface area contributed by atoms with Crippen molar-refractivity contribution in [2.75, 3.05) is 37.7 Å². The minimum atomic E-state index is -3.15. The summed E-state index contributed by atoms with van der Waals surface area (Å²) in [5.74, 6) is 3.16. The Balaban J connectivity index is 1.14. The summed E-state index contributed by atoms with van der Waals surface area (Å²) in [4.78, 5) is 10.9. The van der Waals surface area contributed by atoms with E-state index in [1.165, 1.54) is 19.3 Å². The molecule has 1 saturated carbocycles. The van der Waals surface area contributed by atoms with Crippen LogP contribution in [0.4, 0.5) is 5.95 Å². The second kappa shape index (κ2) is 9.27. The first kappa shape index (κ1) is 22.2. The molecule has 7 nitrogen and oxygen atoms in total. The van der Waals surface area contributed by atoms with Crippen LogP contribution >= 0.6 is 11.6 Å². The fourth-order valence-electron chi connectivity index (χ4n) is 4.93. The van der Waals surface area contributed by atoms with Gasteiger partial charge >= 0.3 is 0 Å². The smallest absolute Gasteiger partial charge is 0.225 e. The van der Waals surface area contributed by atoms with Crippen molar-refractivity contribution >= 4 is 27.6 Å². The molecule has 1 aromatic heterocycles. The lowest BCUT2D eigenvalue weighted by molar-refractivity contribution is 0.0581. The average Bonchev–Trinajstić information content (AvgIpc) is 3.34. The highest BCUT2D eigenvalue weighted by Gasteiger charge is 2.43. The van der Waals surface area contributed by atoms with Crippen LogP contribution < -0.4 is 4.90 Å². The lowest BCUT2D eigenvalue weighted by atomic mass is 9.90. The van der Waals surface area contributed by atoms with E-state index in [9.17, 15) is 8.42 Å². The van der Waals surface area contributed by atoms with Crippen LogP contribution in [0.5, 0.6) is 0 Å². The van der Waals surface area contributed by atoms with E-state index in [1.807, 2.05) is 0 Å². The summed E-state index contributed by atoms with van der Waals surface area (Å²) < 4.78 is 32.2. The molecule has 3 atom stereocenters. The highest BCUT2D eigenvalue weighted by atomic mass is 35.5. The fraction of sp³-hybridized carbons (Fsp3) is 0.810. The van der Waals surface area contributed by atoms with Crippen LogP contribution in [0.1, 0.15) is 46.0 Å². The Morgan fingerprint density at radius 3 is 2.53 bits per heavy atom. The number of halogens is 1. The van der Waals surface area contributed by atoms with Gasteiger partial charge in [-0.3, -0.25) is 0 Å². The van der Waals surface area contributed by atoms with E-state index in [1.54, 1.807) is 30.5 Å². The number of ether oxygens (including phenoxy) is 1. The first-order valence-electron chi connectivity index (χ1n) is 11.2. The molecular formula is C21H33ClN4O3S. The van der Waals surface area contributed by atoms with Crippen molar-refractivity contribution in [2.24, 2.45) is 17.8 Å². The lowest BCUT2D eigenvalue weighted by Crippen LogP contribution is -2.35. The third kappa shape index (κ3) is 5.09. The van der Waals surface area contributed by atoms with Gasteiger partial charge in [0.2, 0.25) is 16.0 Å². The minimum absolute atomic E-state index is 0.0540. The van der Waals surface area contributed by atoms with Gasteiger partial charge in [-0.1, -0.05) is 11.6 Å². The summed E-state index contributed by atoms with van der Waals surface area (Å²) >= 11 is 5.88. The van der Waals surface area contributed by atoms with Gasteiger partial charge in [0.15, 0.2) is 0 Å². The molecule has 2 saturated heterocycles. The van der Waals surface area contributed by atoms with Gasteiger partial charge in [-0.05, 0) is 63.7 Å². The summed E-state index contributed by atoms with van der Waals surface area (Å²) in [6.45, 7) is 7.35. The second-order valence-corrected chi connectivity index (χ2v) is 12.1. The summed E-state index contributed by atoms with van der Waals surface area (Å²) in [6, 6.07) is 0. The molecule has 9 heteroatoms. The number of piperidine rings is 1. The van der Waals surface area contributed by atoms with Crippen LogP contribution in [0.15, 0.2) is 12.4 Å². The predicted molar refractivity (Wildman–Crippen MR) is 118 cm³/mol. The molecule has 0 amide bonds. The first-order chi connectivity index (χ1) is 14.3. The Morgan fingerprint density at radius 1 is 1.17 bits per heavy atom. The van der Waals surface area contributed by atoms with Gasteiger partial charge in [0, 0.05) is 32.8 Å². The molecule has 2 aliphatic heterocycles. The maximum atomic E-state index is 12.3. The molecule has 1 aliphatic carbocycles. The van der Waals surface area contributed by atoms with Crippen LogP contribution in [0.2, 0.25) is 5.02 Å². The van der Waals surface area contributed by atoms with Crippen molar-refractivity contribution in [3.05, 3.63) is 17.4 Å². The Bertz CT molecular complexity index is 812. The maximum Gasteiger partial charge on any atom is 0.225 e. The van der Waals surface area contributed by atoms with Crippen molar-refractivity contribution in [2.45, 2.75) is 57.3 Å². The molecule has 4 rings (SSSR count). The summed E-state index contributed by atoms with van der Waals surface area (Å²) in [5.41, 5.74) is 0. The van der Waals surface area contributed by atoms with E-state index in [-0.39, 0.29) is 11.4 Å². The molecule has 0 radical (unpaired) electrons. The summed E-state index contributed by atoms with van der Waals surface area (Å²) in [7, 11) is -3.15. The van der Waals surface area contributed by atoms with Crippen molar-refractivity contribution in [3.8, 4) is 0 Å². The predicted octanol–water partition coefficient (Wildman–Crippen LogP) is 3.20. The molecule has 3 heterocycles. The normalized spacial score (nSPS) is 28.4. The monoisotopic (exact) mass is 456 g/mol. The molecular weight excluding hydrogens is 424 g/mol. The van der Waals surface area contributed by atoms with E-state index in [2.05, 4.69) is 14.9 Å². The molecule has 0 bridgehead atoms. The number of rotatable bonds is 8. The zero-order valence-corrected chi connectivity index (χ0v) is 19.5. The topological polar surface area (TPSA) is 75.6 Å². The SMILES string of the molecule is CC(C)S(=O)(=O)N1CCC(OCCC2CC2C2CCN(c3ncc(Cl)cn3)CC2)C1. The Hall–Kier alpha value is -0.960. The summed E-state index contributed by atoms with van der Waals surface area (Å²) in [6.07, 6.45) is 8.98. The molecule has 1 aromatic rings. The zero-order chi connectivity index (χ0) is 21.3. The van der Waals surface area contributed by atoms with E-state index < -0.39 is 10.0 Å². The van der Waals surface area contributed by atoms with Gasteiger partial charge in [0.25, 0.3) is 0 Å². The van der Waals surface area contributed by atoms with Gasteiger partial charge < -0.3 is 9.64 Å². The first-order valence-corrected chi connectivity index (χ1v) is 13.1. The zero-order valence-electron chi connectivity index (χ0n) is 17.9. The van der Waals surface area contributed by atoms with Crippen LogP contribution in [0.3, 0.4) is 0 Å². The van der Waals surface area contributed by atoms with E-state index in [4.69, 9.17) is 16.3 Å². The van der Waals surface area contributed by atoms with Gasteiger partial charge in [-0.15, -0.1) is 0 Å². The molecule has 0 spiro atoms. The number of nitrogens with zero attached hydrogens (tertiary/aromatic N) is 4. The van der Waals surface area contributed by atoms with Crippen LogP contribution in [-0.4, -0.2) is 66.8 Å². The van der Waals surface area contributed by atoms with Gasteiger partial charge in [-0.2, -0.15) is 4.31 Å². The number of aromatic nitrogens is 2. The minimum Gasteiger partial charge on any atom is -0.377 e. The van der Waals surface area contributed by atoms with Crippen molar-refractivity contribution in [3.63, 3.8) is 0 Å². The molecule has 3 fully saturated rings. The molecule has 0 N–H and O–H groups in total. The highest BCUT2D eigenvalue weighted by molar-refractivity contribution is 7.89. The number of anilines is 1. The van der Waals surface area contributed by atoms with Gasteiger partial charge in [0.1, 0.15) is 0 Å². The van der Waals surface area contributed by atoms with Gasteiger partial charge in [-0.25, -0.2) is 18.4 Å². The molecule has 30 heavy (non-hydrogen) atoms. The third-order valence-corrected chi connectivity index (χ3v) is 9.36. The average molecular weight is 457 g/mol. The van der Waals surface area contributed by atoms with Crippen molar-refractivity contribution in [1.29, 1.82) is 0 Å². The number of hydrogen-bond acceptors (Lipinski definition) is 6. The molecule has 3 aliphatic rings. The lowest BCUT2D eigenvalue weighted by Gasteiger charge is -2.32. The Morgan fingerprint density at radius 2 is 1.87 bits per heavy atom. The summed E-state index contributed by atoms with van der Waals surface area (Å²) in [5, 5.41) is 0.213. The van der Waals surface area contributed by atoms with Gasteiger partial charge in [0.05, 0.1) is 28.8 Å². The van der Waals surface area contributed by atoms with Crippen LogP contribution in [-0.2, 0) is 14.8 Å². The standard InChI is InChI=1S/C21H33ClN4O3S/c1-15(2)30(27,28)26-9-5-19(14-26)29-10-6-17-11-20(17)16-3-7-25(8-4-16)21-23-12-18(22)13-24-21/h12-13,15-17,19-20H,3-11,14H2,1-2H3. The van der Waals surface area contributed by atoms with Crippen molar-refractivity contribution in [1.82, 2.24) is 14.3 Å². The van der Waals surface area contributed by atoms with Crippen LogP contribution in [0, 0.1) is 17.8 Å². The largest absolute Gasteiger partial charge is 0.377 e. The highest BCUT2D eigenvalue weighted by Crippen LogP contribution is 2.50. The Labute approximate surface area is 185 Å². The molecule has 3 unspecified atom stereocenters.